The Labute approximate surface area is 107 Å². The first-order chi connectivity index (χ1) is 8.35. The number of nitrogens with two attached hydrogens (primary N) is 1. The number of sulfonamides is 1. The summed E-state index contributed by atoms with van der Waals surface area (Å²) < 4.78 is 26.0. The number of benzene rings is 1. The van der Waals surface area contributed by atoms with E-state index in [4.69, 9.17) is 5.73 Å². The molecule has 0 heterocycles. The Morgan fingerprint density at radius 3 is 2.33 bits per heavy atom. The van der Waals surface area contributed by atoms with Crippen molar-refractivity contribution in [3.63, 3.8) is 0 Å². The largest absolute Gasteiger partial charge is 0.329 e. The number of carbonyl (C=O) groups is 1. The van der Waals surface area contributed by atoms with Gasteiger partial charge in [0.15, 0.2) is 0 Å². The number of hydrogen-bond donors (Lipinski definition) is 2. The highest BCUT2D eigenvalue weighted by atomic mass is 32.2. The minimum atomic E-state index is -3.82. The van der Waals surface area contributed by atoms with Crippen molar-refractivity contribution < 1.29 is 13.2 Å². The third-order valence-electron chi connectivity index (χ3n) is 3.06. The summed E-state index contributed by atoms with van der Waals surface area (Å²) in [7, 11) is -3.82. The maximum atomic E-state index is 11.9. The molecular weight excluding hydrogens is 252 g/mol. The number of rotatable bonds is 5. The minimum Gasteiger partial charge on any atom is -0.329 e. The van der Waals surface area contributed by atoms with Crippen molar-refractivity contribution in [2.24, 2.45) is 11.1 Å². The fourth-order valence-electron chi connectivity index (χ4n) is 1.30. The average Bonchev–Trinajstić information content (AvgIpc) is 2.38. The van der Waals surface area contributed by atoms with E-state index in [0.717, 1.165) is 0 Å². The van der Waals surface area contributed by atoms with Crippen LogP contribution in [0.25, 0.3) is 0 Å². The summed E-state index contributed by atoms with van der Waals surface area (Å²) in [4.78, 5) is 12.0. The molecule has 1 aromatic carbocycles. The first kappa shape index (κ1) is 14.7. The lowest BCUT2D eigenvalue weighted by molar-refractivity contribution is -0.127. The van der Waals surface area contributed by atoms with Crippen molar-refractivity contribution in [3.8, 4) is 0 Å². The maximum Gasteiger partial charge on any atom is 0.264 e. The van der Waals surface area contributed by atoms with Crippen LogP contribution in [0.15, 0.2) is 35.2 Å². The Balaban J connectivity index is 2.95. The van der Waals surface area contributed by atoms with Gasteiger partial charge in [0.1, 0.15) is 0 Å². The average molecular weight is 270 g/mol. The van der Waals surface area contributed by atoms with E-state index >= 15 is 0 Å². The van der Waals surface area contributed by atoms with E-state index in [1.165, 1.54) is 12.1 Å². The van der Waals surface area contributed by atoms with E-state index in [1.54, 1.807) is 32.0 Å². The van der Waals surface area contributed by atoms with Crippen molar-refractivity contribution >= 4 is 15.9 Å². The highest BCUT2D eigenvalue weighted by molar-refractivity contribution is 7.90. The molecule has 0 aliphatic carbocycles. The molecule has 0 aromatic heterocycles. The Kier molecular flexibility index (Phi) is 4.48. The Hall–Kier alpha value is -1.40. The standard InChI is InChI=1S/C12H18N2O3S/c1-3-12(2,9-13)11(15)14-18(16,17)10-7-5-4-6-8-10/h4-8H,3,9,13H2,1-2H3,(H,14,15). The summed E-state index contributed by atoms with van der Waals surface area (Å²) in [6, 6.07) is 7.77. The van der Waals surface area contributed by atoms with Gasteiger partial charge < -0.3 is 5.73 Å². The van der Waals surface area contributed by atoms with Crippen molar-refractivity contribution in [2.75, 3.05) is 6.54 Å². The van der Waals surface area contributed by atoms with Crippen LogP contribution in [0.1, 0.15) is 20.3 Å². The lowest BCUT2D eigenvalue weighted by Crippen LogP contribution is -2.45. The first-order valence-corrected chi connectivity index (χ1v) is 7.16. The normalized spacial score (nSPS) is 14.8. The molecule has 0 aliphatic heterocycles. The Bertz CT molecular complexity index is 507. The van der Waals surface area contributed by atoms with Gasteiger partial charge in [-0.05, 0) is 25.5 Å². The molecule has 0 aliphatic rings. The van der Waals surface area contributed by atoms with Gasteiger partial charge in [-0.2, -0.15) is 0 Å². The van der Waals surface area contributed by atoms with E-state index in [-0.39, 0.29) is 11.4 Å². The van der Waals surface area contributed by atoms with Crippen LogP contribution in [0.2, 0.25) is 0 Å². The predicted molar refractivity (Wildman–Crippen MR) is 69.2 cm³/mol. The SMILES string of the molecule is CCC(C)(CN)C(=O)NS(=O)(=O)c1ccccc1. The van der Waals surface area contributed by atoms with E-state index in [0.29, 0.717) is 6.42 Å². The monoisotopic (exact) mass is 270 g/mol. The molecule has 3 N–H and O–H groups in total. The van der Waals surface area contributed by atoms with Crippen LogP contribution < -0.4 is 10.5 Å². The molecule has 1 amide bonds. The summed E-state index contributed by atoms with van der Waals surface area (Å²) in [5.41, 5.74) is 4.65. The quantitative estimate of drug-likeness (QED) is 0.830. The van der Waals surface area contributed by atoms with Crippen LogP contribution >= 0.6 is 0 Å². The molecule has 1 aromatic rings. The number of amides is 1. The Morgan fingerprint density at radius 1 is 1.33 bits per heavy atom. The van der Waals surface area contributed by atoms with Crippen molar-refractivity contribution in [2.45, 2.75) is 25.2 Å². The third kappa shape index (κ3) is 3.08. The van der Waals surface area contributed by atoms with Crippen molar-refractivity contribution in [3.05, 3.63) is 30.3 Å². The van der Waals surface area contributed by atoms with Gasteiger partial charge in [-0.3, -0.25) is 4.79 Å². The zero-order valence-electron chi connectivity index (χ0n) is 10.5. The molecule has 1 unspecified atom stereocenters. The van der Waals surface area contributed by atoms with Gasteiger partial charge in [-0.25, -0.2) is 13.1 Å². The molecule has 5 nitrogen and oxygen atoms in total. The van der Waals surface area contributed by atoms with Gasteiger partial charge in [0, 0.05) is 6.54 Å². The molecule has 0 saturated carbocycles. The predicted octanol–water partition coefficient (Wildman–Crippen LogP) is 0.867. The summed E-state index contributed by atoms with van der Waals surface area (Å²) in [5, 5.41) is 0. The second-order valence-corrected chi connectivity index (χ2v) is 6.05. The lowest BCUT2D eigenvalue weighted by Gasteiger charge is -2.24. The minimum absolute atomic E-state index is 0.0637. The summed E-state index contributed by atoms with van der Waals surface area (Å²) in [5.74, 6) is -0.573. The van der Waals surface area contributed by atoms with Gasteiger partial charge in [0.05, 0.1) is 10.3 Å². The Morgan fingerprint density at radius 2 is 1.89 bits per heavy atom. The van der Waals surface area contributed by atoms with Gasteiger partial charge in [-0.1, -0.05) is 25.1 Å². The number of hydrogen-bond acceptors (Lipinski definition) is 4. The van der Waals surface area contributed by atoms with Crippen molar-refractivity contribution in [1.82, 2.24) is 4.72 Å². The molecule has 0 saturated heterocycles. The molecule has 0 radical (unpaired) electrons. The van der Waals surface area contributed by atoms with Crippen LogP contribution in [0.3, 0.4) is 0 Å². The number of nitrogens with one attached hydrogen (secondary N) is 1. The summed E-state index contributed by atoms with van der Waals surface area (Å²) in [6.45, 7) is 3.53. The molecule has 0 bridgehead atoms. The van der Waals surface area contributed by atoms with Crippen LogP contribution in [-0.2, 0) is 14.8 Å². The maximum absolute atomic E-state index is 11.9. The highest BCUT2D eigenvalue weighted by Gasteiger charge is 2.32. The molecule has 1 atom stereocenters. The van der Waals surface area contributed by atoms with E-state index in [9.17, 15) is 13.2 Å². The van der Waals surface area contributed by atoms with Gasteiger partial charge in [0.25, 0.3) is 10.0 Å². The molecular formula is C12H18N2O3S. The van der Waals surface area contributed by atoms with Crippen LogP contribution in [0.5, 0.6) is 0 Å². The van der Waals surface area contributed by atoms with Crippen molar-refractivity contribution in [1.29, 1.82) is 0 Å². The molecule has 6 heteroatoms. The molecule has 1 rings (SSSR count). The van der Waals surface area contributed by atoms with Gasteiger partial charge in [0.2, 0.25) is 5.91 Å². The summed E-state index contributed by atoms with van der Waals surface area (Å²) in [6.07, 6.45) is 0.472. The van der Waals surface area contributed by atoms with Crippen LogP contribution in [0.4, 0.5) is 0 Å². The summed E-state index contributed by atoms with van der Waals surface area (Å²) >= 11 is 0. The molecule has 100 valence electrons. The highest BCUT2D eigenvalue weighted by Crippen LogP contribution is 2.20. The topological polar surface area (TPSA) is 89.3 Å². The zero-order chi connectivity index (χ0) is 13.8. The van der Waals surface area contributed by atoms with E-state index in [1.807, 2.05) is 0 Å². The molecule has 0 fully saturated rings. The second kappa shape index (κ2) is 5.49. The zero-order valence-corrected chi connectivity index (χ0v) is 11.3. The third-order valence-corrected chi connectivity index (χ3v) is 4.41. The van der Waals surface area contributed by atoms with Gasteiger partial charge in [-0.15, -0.1) is 0 Å². The van der Waals surface area contributed by atoms with E-state index in [2.05, 4.69) is 4.72 Å². The van der Waals surface area contributed by atoms with Crippen LogP contribution in [0, 0.1) is 5.41 Å². The first-order valence-electron chi connectivity index (χ1n) is 5.68. The lowest BCUT2D eigenvalue weighted by atomic mass is 9.87. The molecule has 18 heavy (non-hydrogen) atoms. The van der Waals surface area contributed by atoms with E-state index < -0.39 is 21.3 Å². The fourth-order valence-corrected chi connectivity index (χ4v) is 2.43. The van der Waals surface area contributed by atoms with Crippen LogP contribution in [-0.4, -0.2) is 20.9 Å². The second-order valence-electron chi connectivity index (χ2n) is 4.37. The fraction of sp³-hybridized carbons (Fsp3) is 0.417. The molecule has 0 spiro atoms. The smallest absolute Gasteiger partial charge is 0.264 e. The van der Waals surface area contributed by atoms with Gasteiger partial charge >= 0.3 is 0 Å². The number of carbonyl (C=O) groups excluding carboxylic acids is 1.